The Morgan fingerprint density at radius 2 is 0.711 bits per heavy atom. The number of anilines is 2. The highest BCUT2D eigenvalue weighted by atomic mass is 15.0. The lowest BCUT2D eigenvalue weighted by Crippen LogP contribution is -2.32. The zero-order valence-corrected chi connectivity index (χ0v) is 26.1. The topological polar surface area (TPSA) is 24.1 Å². The summed E-state index contributed by atoms with van der Waals surface area (Å²) in [5, 5.41) is 7.98. The van der Waals surface area contributed by atoms with Crippen LogP contribution in [-0.4, -0.2) is 0 Å². The molecule has 0 fully saturated rings. The molecule has 2 heteroatoms. The van der Waals surface area contributed by atoms with Crippen LogP contribution in [-0.2, 0) is 11.1 Å². The Morgan fingerprint density at radius 1 is 0.447 bits per heavy atom. The van der Waals surface area contributed by atoms with E-state index in [1.807, 2.05) is 0 Å². The zero-order valence-electron chi connectivity index (χ0n) is 26.1. The first-order valence-electron chi connectivity index (χ1n) is 14.6. The highest BCUT2D eigenvalue weighted by Crippen LogP contribution is 2.39. The fourth-order valence-electron chi connectivity index (χ4n) is 5.46. The molecule has 3 rings (SSSR count). The van der Waals surface area contributed by atoms with Crippen LogP contribution >= 0.6 is 0 Å². The molecule has 0 saturated carbocycles. The molecule has 0 heterocycles. The van der Waals surface area contributed by atoms with Gasteiger partial charge in [0.1, 0.15) is 0 Å². The SMILES string of the molecule is CC(C)c1cccc(C(C)C)c1NC(C)(C)c1cccc(C(C)(C)Nc2c(C(C)C)cccc2C(C)C)c1. The molecule has 2 nitrogen and oxygen atoms in total. The molecule has 0 aliphatic rings. The van der Waals surface area contributed by atoms with Crippen molar-refractivity contribution in [1.82, 2.24) is 0 Å². The molecule has 3 aromatic carbocycles. The number of nitrogens with one attached hydrogen (secondary N) is 2. The van der Waals surface area contributed by atoms with E-state index in [2.05, 4.69) is 154 Å². The minimum atomic E-state index is -0.236. The third-order valence-electron chi connectivity index (χ3n) is 7.93. The number of hydrogen-bond donors (Lipinski definition) is 2. The monoisotopic (exact) mass is 512 g/mol. The van der Waals surface area contributed by atoms with Crippen LogP contribution in [0.15, 0.2) is 60.7 Å². The van der Waals surface area contributed by atoms with Crippen LogP contribution in [0.3, 0.4) is 0 Å². The van der Waals surface area contributed by atoms with Gasteiger partial charge in [-0.2, -0.15) is 0 Å². The van der Waals surface area contributed by atoms with Crippen molar-refractivity contribution in [3.05, 3.63) is 94.0 Å². The maximum atomic E-state index is 3.99. The van der Waals surface area contributed by atoms with E-state index < -0.39 is 0 Å². The molecule has 38 heavy (non-hydrogen) atoms. The highest BCUT2D eigenvalue weighted by molar-refractivity contribution is 5.63. The van der Waals surface area contributed by atoms with Gasteiger partial charge in [0.05, 0.1) is 11.1 Å². The van der Waals surface area contributed by atoms with Crippen LogP contribution in [0.4, 0.5) is 11.4 Å². The fraction of sp³-hybridized carbons (Fsp3) is 0.500. The maximum Gasteiger partial charge on any atom is 0.0569 e. The molecular weight excluding hydrogens is 460 g/mol. The van der Waals surface area contributed by atoms with E-state index in [1.165, 1.54) is 44.8 Å². The first-order valence-corrected chi connectivity index (χ1v) is 14.6. The van der Waals surface area contributed by atoms with Gasteiger partial charge in [0, 0.05) is 11.4 Å². The summed E-state index contributed by atoms with van der Waals surface area (Å²) in [5.74, 6) is 1.82. The van der Waals surface area contributed by atoms with E-state index >= 15 is 0 Å². The Balaban J connectivity index is 2.02. The molecular formula is C36H52N2. The molecule has 0 aliphatic heterocycles. The van der Waals surface area contributed by atoms with Gasteiger partial charge in [-0.25, -0.2) is 0 Å². The number of benzene rings is 3. The normalized spacial score (nSPS) is 12.6. The lowest BCUT2D eigenvalue weighted by atomic mass is 9.84. The molecule has 0 spiro atoms. The molecule has 3 aromatic rings. The van der Waals surface area contributed by atoms with Gasteiger partial charge in [0.25, 0.3) is 0 Å². The van der Waals surface area contributed by atoms with Crippen molar-refractivity contribution in [1.29, 1.82) is 0 Å². The lowest BCUT2D eigenvalue weighted by molar-refractivity contribution is 0.583. The van der Waals surface area contributed by atoms with Gasteiger partial charge in [0.2, 0.25) is 0 Å². The van der Waals surface area contributed by atoms with E-state index in [0.29, 0.717) is 23.7 Å². The summed E-state index contributed by atoms with van der Waals surface area (Å²) >= 11 is 0. The predicted octanol–water partition coefficient (Wildman–Crippen LogP) is 10.9. The van der Waals surface area contributed by atoms with Crippen molar-refractivity contribution in [2.45, 2.75) is 118 Å². The average molecular weight is 513 g/mol. The standard InChI is InChI=1S/C36H52N2/c1-23(2)29-18-14-19-30(24(3)4)33(29)37-35(9,10)27-16-13-17-28(22-27)36(11,12)38-34-31(25(5)6)20-15-21-32(34)26(7)8/h13-26,37-38H,1-12H3. The second kappa shape index (κ2) is 11.6. The number of hydrogen-bond acceptors (Lipinski definition) is 2. The number of para-hydroxylation sites is 2. The van der Waals surface area contributed by atoms with Gasteiger partial charge in [0.15, 0.2) is 0 Å². The summed E-state index contributed by atoms with van der Waals surface area (Å²) in [6.45, 7) is 27.5. The molecule has 206 valence electrons. The van der Waals surface area contributed by atoms with E-state index in [-0.39, 0.29) is 11.1 Å². The van der Waals surface area contributed by atoms with Crippen molar-refractivity contribution >= 4 is 11.4 Å². The third-order valence-corrected chi connectivity index (χ3v) is 7.93. The smallest absolute Gasteiger partial charge is 0.0569 e. The Labute approximate surface area is 233 Å². The maximum absolute atomic E-state index is 3.99. The number of rotatable bonds is 10. The first-order chi connectivity index (χ1) is 17.7. The molecule has 0 atom stereocenters. The van der Waals surface area contributed by atoms with E-state index in [1.54, 1.807) is 0 Å². The summed E-state index contributed by atoms with van der Waals surface area (Å²) in [4.78, 5) is 0. The van der Waals surface area contributed by atoms with Crippen LogP contribution < -0.4 is 10.6 Å². The van der Waals surface area contributed by atoms with Crippen molar-refractivity contribution < 1.29 is 0 Å². The quantitative estimate of drug-likeness (QED) is 0.282. The zero-order chi connectivity index (χ0) is 28.4. The van der Waals surface area contributed by atoms with Crippen molar-refractivity contribution in [2.75, 3.05) is 10.6 Å². The van der Waals surface area contributed by atoms with Gasteiger partial charge >= 0.3 is 0 Å². The van der Waals surface area contributed by atoms with E-state index in [4.69, 9.17) is 0 Å². The van der Waals surface area contributed by atoms with Gasteiger partial charge in [-0.15, -0.1) is 0 Å². The second-order valence-electron chi connectivity index (χ2n) is 13.3. The Bertz CT molecular complexity index is 1080. The summed E-state index contributed by atoms with van der Waals surface area (Å²) in [5.41, 5.74) is 10.2. The molecule has 0 saturated heterocycles. The molecule has 0 amide bonds. The Hall–Kier alpha value is -2.74. The molecule has 0 unspecified atom stereocenters. The van der Waals surface area contributed by atoms with Gasteiger partial charge in [-0.05, 0) is 84.7 Å². The Morgan fingerprint density at radius 3 is 0.974 bits per heavy atom. The van der Waals surface area contributed by atoms with Crippen LogP contribution in [0.2, 0.25) is 0 Å². The highest BCUT2D eigenvalue weighted by Gasteiger charge is 2.28. The van der Waals surface area contributed by atoms with Crippen molar-refractivity contribution in [2.24, 2.45) is 0 Å². The summed E-state index contributed by atoms with van der Waals surface area (Å²) < 4.78 is 0. The van der Waals surface area contributed by atoms with Gasteiger partial charge in [-0.1, -0.05) is 116 Å². The molecule has 2 N–H and O–H groups in total. The summed E-state index contributed by atoms with van der Waals surface area (Å²) in [6, 6.07) is 22.6. The molecule has 0 aromatic heterocycles. The molecule has 0 aliphatic carbocycles. The molecule has 0 radical (unpaired) electrons. The summed E-state index contributed by atoms with van der Waals surface area (Å²) in [6.07, 6.45) is 0. The summed E-state index contributed by atoms with van der Waals surface area (Å²) in [7, 11) is 0. The lowest BCUT2D eigenvalue weighted by Gasteiger charge is -2.35. The van der Waals surface area contributed by atoms with Crippen LogP contribution in [0.5, 0.6) is 0 Å². The first kappa shape index (κ1) is 29.8. The van der Waals surface area contributed by atoms with Crippen LogP contribution in [0.1, 0.15) is 140 Å². The predicted molar refractivity (Wildman–Crippen MR) is 169 cm³/mol. The minimum Gasteiger partial charge on any atom is -0.376 e. The van der Waals surface area contributed by atoms with Gasteiger partial charge in [-0.3, -0.25) is 0 Å². The van der Waals surface area contributed by atoms with Crippen molar-refractivity contribution in [3.8, 4) is 0 Å². The minimum absolute atomic E-state index is 0.236. The van der Waals surface area contributed by atoms with Crippen LogP contribution in [0.25, 0.3) is 0 Å². The Kier molecular flexibility index (Phi) is 9.07. The fourth-order valence-corrected chi connectivity index (χ4v) is 5.46. The van der Waals surface area contributed by atoms with E-state index in [0.717, 1.165) is 0 Å². The van der Waals surface area contributed by atoms with E-state index in [9.17, 15) is 0 Å². The largest absolute Gasteiger partial charge is 0.376 e. The van der Waals surface area contributed by atoms with Crippen molar-refractivity contribution in [3.63, 3.8) is 0 Å². The van der Waals surface area contributed by atoms with Gasteiger partial charge < -0.3 is 10.6 Å². The molecule has 0 bridgehead atoms. The van der Waals surface area contributed by atoms with Crippen LogP contribution in [0, 0.1) is 0 Å². The average Bonchev–Trinajstić information content (AvgIpc) is 2.83. The third kappa shape index (κ3) is 6.45. The second-order valence-corrected chi connectivity index (χ2v) is 13.3.